The first-order valence-electron chi connectivity index (χ1n) is 5.36. The number of hydrogen-bond donors (Lipinski definition) is 1. The van der Waals surface area contributed by atoms with Gasteiger partial charge in [-0.15, -0.1) is 0 Å². The van der Waals surface area contributed by atoms with Crippen molar-refractivity contribution in [2.24, 2.45) is 0 Å². The summed E-state index contributed by atoms with van der Waals surface area (Å²) in [6, 6.07) is 3.46. The summed E-state index contributed by atoms with van der Waals surface area (Å²) < 4.78 is 4.66. The van der Waals surface area contributed by atoms with Crippen molar-refractivity contribution in [3.05, 3.63) is 34.4 Å². The van der Waals surface area contributed by atoms with Crippen molar-refractivity contribution in [3.63, 3.8) is 0 Å². The van der Waals surface area contributed by atoms with Gasteiger partial charge in [-0.25, -0.2) is 4.79 Å². The Balaban J connectivity index is 3.06. The van der Waals surface area contributed by atoms with E-state index in [9.17, 15) is 9.59 Å². The first kappa shape index (κ1) is 13.2. The van der Waals surface area contributed by atoms with E-state index in [2.05, 4.69) is 4.74 Å². The zero-order valence-corrected chi connectivity index (χ0v) is 10.2. The Bertz CT molecular complexity index is 449. The molecule has 92 valence electrons. The molecule has 4 nitrogen and oxygen atoms in total. The largest absolute Gasteiger partial charge is 0.481 e. The van der Waals surface area contributed by atoms with E-state index in [1.165, 1.54) is 7.11 Å². The van der Waals surface area contributed by atoms with Crippen molar-refractivity contribution in [1.29, 1.82) is 0 Å². The summed E-state index contributed by atoms with van der Waals surface area (Å²) in [6.45, 7) is 3.82. The maximum Gasteiger partial charge on any atom is 0.337 e. The first-order chi connectivity index (χ1) is 7.95. The minimum absolute atomic E-state index is 0.0604. The Morgan fingerprint density at radius 2 is 1.94 bits per heavy atom. The average molecular weight is 236 g/mol. The maximum atomic E-state index is 11.4. The molecule has 1 N–H and O–H groups in total. The van der Waals surface area contributed by atoms with Crippen LogP contribution in [-0.4, -0.2) is 24.2 Å². The average Bonchev–Trinajstić information content (AvgIpc) is 2.29. The Morgan fingerprint density at radius 1 is 1.29 bits per heavy atom. The van der Waals surface area contributed by atoms with Crippen LogP contribution in [-0.2, 0) is 16.0 Å². The second-order valence-corrected chi connectivity index (χ2v) is 3.96. The highest BCUT2D eigenvalue weighted by atomic mass is 16.5. The zero-order valence-electron chi connectivity index (χ0n) is 10.2. The highest BCUT2D eigenvalue weighted by Gasteiger charge is 2.11. The van der Waals surface area contributed by atoms with Crippen molar-refractivity contribution >= 4 is 11.9 Å². The molecule has 0 fully saturated rings. The standard InChI is InChI=1S/C13H16O4/c1-8-6-11(13(16)17-3)7-10(9(8)2)4-5-12(14)15/h6-7H,4-5H2,1-3H3,(H,14,15). The fourth-order valence-electron chi connectivity index (χ4n) is 1.67. The van der Waals surface area contributed by atoms with Crippen molar-refractivity contribution in [3.8, 4) is 0 Å². The van der Waals surface area contributed by atoms with Gasteiger partial charge in [0.2, 0.25) is 0 Å². The van der Waals surface area contributed by atoms with Crippen LogP contribution in [0.4, 0.5) is 0 Å². The van der Waals surface area contributed by atoms with E-state index in [-0.39, 0.29) is 6.42 Å². The quantitative estimate of drug-likeness (QED) is 0.813. The summed E-state index contributed by atoms with van der Waals surface area (Å²) in [7, 11) is 1.33. The molecule has 0 aliphatic heterocycles. The number of hydrogen-bond acceptors (Lipinski definition) is 3. The molecular weight excluding hydrogens is 220 g/mol. The number of esters is 1. The smallest absolute Gasteiger partial charge is 0.337 e. The number of rotatable bonds is 4. The normalized spacial score (nSPS) is 10.1. The van der Waals surface area contributed by atoms with Crippen LogP contribution < -0.4 is 0 Å². The number of carboxylic acids is 1. The van der Waals surface area contributed by atoms with Crippen molar-refractivity contribution in [2.75, 3.05) is 7.11 Å². The van der Waals surface area contributed by atoms with Gasteiger partial charge in [-0.3, -0.25) is 4.79 Å². The van der Waals surface area contributed by atoms with Crippen molar-refractivity contribution in [2.45, 2.75) is 26.7 Å². The number of aliphatic carboxylic acids is 1. The molecule has 0 aliphatic rings. The van der Waals surface area contributed by atoms with E-state index in [1.807, 2.05) is 13.8 Å². The molecule has 1 rings (SSSR count). The first-order valence-corrected chi connectivity index (χ1v) is 5.36. The van der Waals surface area contributed by atoms with Gasteiger partial charge in [0.05, 0.1) is 12.7 Å². The molecule has 1 aromatic carbocycles. The van der Waals surface area contributed by atoms with Gasteiger partial charge < -0.3 is 9.84 Å². The van der Waals surface area contributed by atoms with Gasteiger partial charge in [0.15, 0.2) is 0 Å². The van der Waals surface area contributed by atoms with E-state index in [4.69, 9.17) is 5.11 Å². The molecule has 0 atom stereocenters. The highest BCUT2D eigenvalue weighted by Crippen LogP contribution is 2.18. The van der Waals surface area contributed by atoms with Gasteiger partial charge >= 0.3 is 11.9 Å². The molecule has 0 amide bonds. The number of methoxy groups -OCH3 is 1. The topological polar surface area (TPSA) is 63.6 Å². The van der Waals surface area contributed by atoms with Crippen LogP contribution >= 0.6 is 0 Å². The lowest BCUT2D eigenvalue weighted by atomic mass is 9.96. The monoisotopic (exact) mass is 236 g/mol. The highest BCUT2D eigenvalue weighted by molar-refractivity contribution is 5.90. The molecule has 0 saturated heterocycles. The number of carbonyl (C=O) groups excluding carboxylic acids is 1. The lowest BCUT2D eigenvalue weighted by Gasteiger charge is -2.10. The molecule has 0 unspecified atom stereocenters. The third-order valence-electron chi connectivity index (χ3n) is 2.80. The molecule has 1 aromatic rings. The van der Waals surface area contributed by atoms with Gasteiger partial charge in [0.25, 0.3) is 0 Å². The number of carbonyl (C=O) groups is 2. The molecular formula is C13H16O4. The summed E-state index contributed by atoms with van der Waals surface area (Å²) in [6.07, 6.45) is 0.484. The molecule has 17 heavy (non-hydrogen) atoms. The van der Waals surface area contributed by atoms with E-state index in [0.29, 0.717) is 12.0 Å². The molecule has 4 heteroatoms. The summed E-state index contributed by atoms with van der Waals surface area (Å²) in [5.41, 5.74) is 3.34. The summed E-state index contributed by atoms with van der Waals surface area (Å²) >= 11 is 0. The summed E-state index contributed by atoms with van der Waals surface area (Å²) in [4.78, 5) is 22.0. The predicted octanol–water partition coefficient (Wildman–Crippen LogP) is 2.11. The molecule has 0 aromatic heterocycles. The number of benzene rings is 1. The van der Waals surface area contributed by atoms with Crippen LogP contribution in [0, 0.1) is 13.8 Å². The third kappa shape index (κ3) is 3.31. The van der Waals surface area contributed by atoms with Crippen LogP contribution in [0.2, 0.25) is 0 Å². The maximum absolute atomic E-state index is 11.4. The van der Waals surface area contributed by atoms with Gasteiger partial charge in [0, 0.05) is 6.42 Å². The molecule has 0 aliphatic carbocycles. The van der Waals surface area contributed by atoms with Crippen molar-refractivity contribution in [1.82, 2.24) is 0 Å². The number of carboxylic acid groups (broad SMARTS) is 1. The number of ether oxygens (including phenoxy) is 1. The molecule has 0 saturated carbocycles. The fourth-order valence-corrected chi connectivity index (χ4v) is 1.67. The van der Waals surface area contributed by atoms with Crippen LogP contribution in [0.3, 0.4) is 0 Å². The molecule has 0 bridgehead atoms. The van der Waals surface area contributed by atoms with E-state index >= 15 is 0 Å². The lowest BCUT2D eigenvalue weighted by Crippen LogP contribution is -2.06. The lowest BCUT2D eigenvalue weighted by molar-refractivity contribution is -0.136. The van der Waals surface area contributed by atoms with E-state index < -0.39 is 11.9 Å². The zero-order chi connectivity index (χ0) is 13.0. The summed E-state index contributed by atoms with van der Waals surface area (Å²) in [5.74, 6) is -1.24. The second-order valence-electron chi connectivity index (χ2n) is 3.96. The van der Waals surface area contributed by atoms with Crippen LogP contribution in [0.1, 0.15) is 33.5 Å². The molecule has 0 spiro atoms. The van der Waals surface area contributed by atoms with E-state index in [0.717, 1.165) is 16.7 Å². The molecule has 0 heterocycles. The van der Waals surface area contributed by atoms with Crippen LogP contribution in [0.25, 0.3) is 0 Å². The molecule has 0 radical (unpaired) electrons. The summed E-state index contributed by atoms with van der Waals surface area (Å²) in [5, 5.41) is 8.67. The Kier molecular flexibility index (Phi) is 4.26. The third-order valence-corrected chi connectivity index (χ3v) is 2.80. The Morgan fingerprint density at radius 3 is 2.47 bits per heavy atom. The second kappa shape index (κ2) is 5.48. The van der Waals surface area contributed by atoms with E-state index in [1.54, 1.807) is 12.1 Å². The number of aryl methyl sites for hydroxylation is 2. The predicted molar refractivity (Wildman–Crippen MR) is 63.2 cm³/mol. The van der Waals surface area contributed by atoms with Gasteiger partial charge in [0.1, 0.15) is 0 Å². The Hall–Kier alpha value is -1.84. The van der Waals surface area contributed by atoms with Crippen LogP contribution in [0.5, 0.6) is 0 Å². The minimum Gasteiger partial charge on any atom is -0.481 e. The van der Waals surface area contributed by atoms with Crippen LogP contribution in [0.15, 0.2) is 12.1 Å². The van der Waals surface area contributed by atoms with Gasteiger partial charge in [-0.05, 0) is 49.1 Å². The van der Waals surface area contributed by atoms with Crippen molar-refractivity contribution < 1.29 is 19.4 Å². The Labute approximate surface area is 100 Å². The fraction of sp³-hybridized carbons (Fsp3) is 0.385. The van der Waals surface area contributed by atoms with Gasteiger partial charge in [-0.1, -0.05) is 0 Å². The minimum atomic E-state index is -0.842. The SMILES string of the molecule is COC(=O)c1cc(C)c(C)c(CCC(=O)O)c1. The van der Waals surface area contributed by atoms with Gasteiger partial charge in [-0.2, -0.15) is 0 Å².